The van der Waals surface area contributed by atoms with Crippen LogP contribution < -0.4 is 0 Å². The average molecular weight is 314 g/mol. The molecule has 0 N–H and O–H groups in total. The van der Waals surface area contributed by atoms with Gasteiger partial charge in [-0.25, -0.2) is 4.79 Å². The van der Waals surface area contributed by atoms with Crippen molar-refractivity contribution in [1.29, 1.82) is 0 Å². The van der Waals surface area contributed by atoms with Gasteiger partial charge >= 0.3 is 5.97 Å². The summed E-state index contributed by atoms with van der Waals surface area (Å²) in [6.07, 6.45) is 3.90. The highest BCUT2D eigenvalue weighted by Gasteiger charge is 2.72. The van der Waals surface area contributed by atoms with Crippen molar-refractivity contribution in [2.45, 2.75) is 33.3 Å². The number of hydrogen-bond acceptors (Lipinski definition) is 4. The van der Waals surface area contributed by atoms with Crippen LogP contribution in [0.25, 0.3) is 0 Å². The Morgan fingerprint density at radius 3 is 2.74 bits per heavy atom. The van der Waals surface area contributed by atoms with Crippen molar-refractivity contribution in [2.24, 2.45) is 40.9 Å². The van der Waals surface area contributed by atoms with Gasteiger partial charge in [0.25, 0.3) is 0 Å². The third-order valence-corrected chi connectivity index (χ3v) is 7.08. The number of ketones is 2. The Morgan fingerprint density at radius 2 is 2.13 bits per heavy atom. The maximum Gasteiger partial charge on any atom is 0.334 e. The van der Waals surface area contributed by atoms with Crippen molar-refractivity contribution >= 4 is 17.5 Å². The number of esters is 1. The van der Waals surface area contributed by atoms with Crippen LogP contribution in [0.3, 0.4) is 0 Å². The van der Waals surface area contributed by atoms with Crippen LogP contribution in [0.1, 0.15) is 27.2 Å². The van der Waals surface area contributed by atoms with E-state index in [1.165, 1.54) is 0 Å². The Balaban J connectivity index is 1.97. The molecule has 1 aliphatic heterocycles. The second-order valence-corrected chi connectivity index (χ2v) is 7.83. The van der Waals surface area contributed by atoms with Crippen LogP contribution in [-0.2, 0) is 19.1 Å². The third kappa shape index (κ3) is 1.50. The molecule has 4 rings (SSSR count). The van der Waals surface area contributed by atoms with Crippen molar-refractivity contribution in [3.8, 4) is 0 Å². The minimum Gasteiger partial charge on any atom is -0.458 e. The summed E-state index contributed by atoms with van der Waals surface area (Å²) in [5, 5.41) is 0. The molecule has 3 aliphatic carbocycles. The van der Waals surface area contributed by atoms with E-state index in [4.69, 9.17) is 4.74 Å². The molecule has 1 saturated heterocycles. The molecule has 4 aliphatic rings. The summed E-state index contributed by atoms with van der Waals surface area (Å²) in [4.78, 5) is 37.6. The quantitative estimate of drug-likeness (QED) is 0.580. The summed E-state index contributed by atoms with van der Waals surface area (Å²) < 4.78 is 5.64. The third-order valence-electron chi connectivity index (χ3n) is 7.08. The van der Waals surface area contributed by atoms with Crippen LogP contribution in [-0.4, -0.2) is 23.6 Å². The monoisotopic (exact) mass is 314 g/mol. The molecule has 3 fully saturated rings. The zero-order valence-electron chi connectivity index (χ0n) is 13.7. The Morgan fingerprint density at radius 1 is 1.43 bits per heavy atom. The molecule has 2 saturated carbocycles. The number of allylic oxidation sites excluding steroid dienone is 2. The number of Topliss-reactive ketones (excluding diaryl/α,β-unsaturated/α-hetero) is 2. The summed E-state index contributed by atoms with van der Waals surface area (Å²) in [5.74, 6) is -0.790. The number of rotatable bonds is 2. The van der Waals surface area contributed by atoms with Gasteiger partial charge in [0.2, 0.25) is 0 Å². The molecule has 0 aromatic heterocycles. The number of ether oxygens (including phenoxy) is 1. The number of carbonyl (C=O) groups is 3. The van der Waals surface area contributed by atoms with Crippen molar-refractivity contribution < 1.29 is 19.1 Å². The smallest absolute Gasteiger partial charge is 0.334 e. The lowest BCUT2D eigenvalue weighted by atomic mass is 9.49. The van der Waals surface area contributed by atoms with E-state index >= 15 is 0 Å². The van der Waals surface area contributed by atoms with Gasteiger partial charge < -0.3 is 4.74 Å². The predicted molar refractivity (Wildman–Crippen MR) is 83.2 cm³/mol. The molecule has 0 amide bonds. The van der Waals surface area contributed by atoms with E-state index in [2.05, 4.69) is 13.5 Å². The molecule has 0 radical (unpaired) electrons. The van der Waals surface area contributed by atoms with E-state index in [0.29, 0.717) is 12.0 Å². The lowest BCUT2D eigenvalue weighted by Crippen LogP contribution is -2.55. The van der Waals surface area contributed by atoms with Crippen LogP contribution in [0.2, 0.25) is 0 Å². The molecule has 4 nitrogen and oxygen atoms in total. The van der Waals surface area contributed by atoms with Gasteiger partial charge in [0.05, 0.1) is 5.92 Å². The zero-order chi connectivity index (χ0) is 16.7. The summed E-state index contributed by atoms with van der Waals surface area (Å²) in [6, 6.07) is 0. The molecule has 8 unspecified atom stereocenters. The van der Waals surface area contributed by atoms with Crippen molar-refractivity contribution in [3.05, 3.63) is 24.3 Å². The molecule has 4 heteroatoms. The highest BCUT2D eigenvalue weighted by molar-refractivity contribution is 5.96. The summed E-state index contributed by atoms with van der Waals surface area (Å²) in [5.41, 5.74) is 0.317. The van der Waals surface area contributed by atoms with Crippen LogP contribution in [0, 0.1) is 40.9 Å². The van der Waals surface area contributed by atoms with Gasteiger partial charge in [-0.05, 0) is 30.6 Å². The lowest BCUT2D eigenvalue weighted by molar-refractivity contribution is -0.153. The highest BCUT2D eigenvalue weighted by Crippen LogP contribution is 2.68. The first-order chi connectivity index (χ1) is 10.8. The molecular formula is C19H22O4. The predicted octanol–water partition coefficient (Wildman–Crippen LogP) is 2.34. The topological polar surface area (TPSA) is 60.4 Å². The van der Waals surface area contributed by atoms with Crippen LogP contribution >= 0.6 is 0 Å². The second-order valence-electron chi connectivity index (χ2n) is 7.83. The van der Waals surface area contributed by atoms with Crippen LogP contribution in [0.15, 0.2) is 24.3 Å². The van der Waals surface area contributed by atoms with E-state index in [9.17, 15) is 14.4 Å². The number of carbonyl (C=O) groups excluding carboxylic acids is 3. The summed E-state index contributed by atoms with van der Waals surface area (Å²) >= 11 is 0. The Hall–Kier alpha value is -1.71. The fraction of sp³-hybridized carbons (Fsp3) is 0.632. The molecule has 0 aromatic carbocycles. The lowest BCUT2D eigenvalue weighted by Gasteiger charge is -2.52. The van der Waals surface area contributed by atoms with Gasteiger partial charge in [-0.2, -0.15) is 0 Å². The van der Waals surface area contributed by atoms with Crippen molar-refractivity contribution in [3.63, 3.8) is 0 Å². The maximum atomic E-state index is 12.9. The molecule has 23 heavy (non-hydrogen) atoms. The summed E-state index contributed by atoms with van der Waals surface area (Å²) in [7, 11) is 0. The SMILES string of the molecule is C=CC1C(C)C(=O)C2CC=C3C(=O)OC4C3C2C1(C)C4C(C)=O. The minimum atomic E-state index is -0.412. The van der Waals surface area contributed by atoms with Gasteiger partial charge in [-0.15, -0.1) is 6.58 Å². The minimum absolute atomic E-state index is 0.000417. The standard InChI is InChI=1S/C19H22O4/c1-5-12-8(2)16(21)11-7-6-10-13-15(11)19(12,4)14(9(3)20)17(13)23-18(10)22/h5-6,8,11-15,17H,1,7H2,2-4H3. The molecule has 0 bridgehead atoms. The fourth-order valence-electron chi connectivity index (χ4n) is 6.41. The summed E-state index contributed by atoms with van der Waals surface area (Å²) in [6.45, 7) is 9.60. The normalized spacial score (nSPS) is 50.2. The van der Waals surface area contributed by atoms with Gasteiger partial charge in [-0.1, -0.05) is 26.0 Å². The Kier molecular flexibility index (Phi) is 2.86. The average Bonchev–Trinajstić information content (AvgIpc) is 2.94. The first-order valence-corrected chi connectivity index (χ1v) is 8.41. The fourth-order valence-corrected chi connectivity index (χ4v) is 6.41. The van der Waals surface area contributed by atoms with E-state index in [-0.39, 0.29) is 58.5 Å². The van der Waals surface area contributed by atoms with E-state index in [1.54, 1.807) is 6.92 Å². The van der Waals surface area contributed by atoms with Crippen LogP contribution in [0.5, 0.6) is 0 Å². The molecule has 1 heterocycles. The van der Waals surface area contributed by atoms with Crippen LogP contribution in [0.4, 0.5) is 0 Å². The highest BCUT2D eigenvalue weighted by atomic mass is 16.6. The molecule has 122 valence electrons. The Bertz CT molecular complexity index is 675. The largest absolute Gasteiger partial charge is 0.458 e. The molecule has 0 spiro atoms. The molecule has 0 aromatic rings. The molecule has 8 atom stereocenters. The first-order valence-electron chi connectivity index (χ1n) is 8.41. The van der Waals surface area contributed by atoms with Gasteiger partial charge in [0, 0.05) is 23.3 Å². The van der Waals surface area contributed by atoms with Gasteiger partial charge in [-0.3, -0.25) is 9.59 Å². The van der Waals surface area contributed by atoms with E-state index < -0.39 is 6.10 Å². The van der Waals surface area contributed by atoms with Gasteiger partial charge in [0.15, 0.2) is 0 Å². The number of hydrogen-bond donors (Lipinski definition) is 0. The van der Waals surface area contributed by atoms with E-state index in [0.717, 1.165) is 0 Å². The van der Waals surface area contributed by atoms with Crippen molar-refractivity contribution in [1.82, 2.24) is 0 Å². The first kappa shape index (κ1) is 14.9. The van der Waals surface area contributed by atoms with Crippen molar-refractivity contribution in [2.75, 3.05) is 0 Å². The Labute approximate surface area is 136 Å². The second kappa shape index (κ2) is 4.43. The van der Waals surface area contributed by atoms with Gasteiger partial charge in [0.1, 0.15) is 17.7 Å². The molecular weight excluding hydrogens is 292 g/mol. The van der Waals surface area contributed by atoms with E-state index in [1.807, 2.05) is 19.1 Å². The zero-order valence-corrected chi connectivity index (χ0v) is 13.7. The maximum absolute atomic E-state index is 12.9.